The van der Waals surface area contributed by atoms with Crippen molar-refractivity contribution in [1.82, 2.24) is 30.1 Å². The van der Waals surface area contributed by atoms with Gasteiger partial charge in [0.1, 0.15) is 11.4 Å². The standard InChI is InChI=1S/C19H25F2N7O2S/c1-25(2)12-17(29)26-4-6-27(7-5-26)18-15(20)8-14(9-16(18)21)28-11-13(23-24-28)10-22-19(31)30-3/h8-9,11H,4-7,10,12H2,1-3H3,(H,22,31). The van der Waals surface area contributed by atoms with Gasteiger partial charge < -0.3 is 24.8 Å². The molecule has 1 amide bonds. The number of amides is 1. The zero-order valence-electron chi connectivity index (χ0n) is 17.6. The zero-order valence-corrected chi connectivity index (χ0v) is 18.5. The lowest BCUT2D eigenvalue weighted by atomic mass is 10.2. The molecule has 3 rings (SSSR count). The quantitative estimate of drug-likeness (QED) is 0.643. The van der Waals surface area contributed by atoms with Gasteiger partial charge in [0, 0.05) is 38.3 Å². The summed E-state index contributed by atoms with van der Waals surface area (Å²) in [5.74, 6) is -1.39. The molecule has 0 spiro atoms. The Morgan fingerprint density at radius 2 is 1.87 bits per heavy atom. The second-order valence-corrected chi connectivity index (χ2v) is 7.73. The van der Waals surface area contributed by atoms with Crippen molar-refractivity contribution in [2.24, 2.45) is 0 Å². The van der Waals surface area contributed by atoms with E-state index in [2.05, 4.69) is 15.6 Å². The average molecular weight is 454 g/mol. The molecule has 1 aliphatic heterocycles. The molecule has 2 heterocycles. The van der Waals surface area contributed by atoms with Crippen molar-refractivity contribution >= 4 is 29.0 Å². The van der Waals surface area contributed by atoms with E-state index in [1.54, 1.807) is 20.9 Å². The number of nitrogens with zero attached hydrogens (tertiary/aromatic N) is 6. The molecule has 168 valence electrons. The van der Waals surface area contributed by atoms with Crippen molar-refractivity contribution in [2.75, 3.05) is 58.8 Å². The van der Waals surface area contributed by atoms with Crippen molar-refractivity contribution in [3.63, 3.8) is 0 Å². The van der Waals surface area contributed by atoms with E-state index in [-0.39, 0.29) is 29.0 Å². The number of likely N-dealkylation sites (N-methyl/N-ethyl adjacent to an activating group) is 1. The predicted octanol–water partition coefficient (Wildman–Crippen LogP) is 0.777. The van der Waals surface area contributed by atoms with Gasteiger partial charge in [-0.05, 0) is 26.3 Å². The van der Waals surface area contributed by atoms with Gasteiger partial charge in [0.15, 0.2) is 11.6 Å². The summed E-state index contributed by atoms with van der Waals surface area (Å²) in [6, 6.07) is 2.43. The predicted molar refractivity (Wildman–Crippen MR) is 115 cm³/mol. The summed E-state index contributed by atoms with van der Waals surface area (Å²) in [7, 11) is 5.09. The minimum Gasteiger partial charge on any atom is -0.474 e. The largest absolute Gasteiger partial charge is 0.474 e. The lowest BCUT2D eigenvalue weighted by molar-refractivity contribution is -0.132. The van der Waals surface area contributed by atoms with Crippen LogP contribution in [-0.4, -0.2) is 89.8 Å². The second-order valence-electron chi connectivity index (χ2n) is 7.36. The molecule has 2 aromatic rings. The molecule has 1 fully saturated rings. The molecule has 1 aliphatic rings. The fourth-order valence-corrected chi connectivity index (χ4v) is 3.35. The molecule has 0 bridgehead atoms. The van der Waals surface area contributed by atoms with Gasteiger partial charge in [-0.25, -0.2) is 13.5 Å². The first-order chi connectivity index (χ1) is 14.8. The van der Waals surface area contributed by atoms with E-state index >= 15 is 0 Å². The lowest BCUT2D eigenvalue weighted by Crippen LogP contribution is -2.51. The van der Waals surface area contributed by atoms with Crippen LogP contribution in [0.5, 0.6) is 0 Å². The van der Waals surface area contributed by atoms with Crippen molar-refractivity contribution in [1.29, 1.82) is 0 Å². The third-order valence-electron chi connectivity index (χ3n) is 4.81. The number of methoxy groups -OCH3 is 1. The van der Waals surface area contributed by atoms with Crippen LogP contribution in [0.25, 0.3) is 5.69 Å². The molecule has 9 nitrogen and oxygen atoms in total. The maximum absolute atomic E-state index is 14.8. The van der Waals surface area contributed by atoms with Crippen LogP contribution in [0.15, 0.2) is 18.3 Å². The van der Waals surface area contributed by atoms with Crippen LogP contribution in [0.4, 0.5) is 14.5 Å². The number of thiocarbonyl (C=S) groups is 1. The third-order valence-corrected chi connectivity index (χ3v) is 5.12. The molecule has 0 aliphatic carbocycles. The Labute approximate surface area is 184 Å². The number of nitrogens with one attached hydrogen (secondary N) is 1. The van der Waals surface area contributed by atoms with Gasteiger partial charge in [-0.3, -0.25) is 4.79 Å². The maximum Gasteiger partial charge on any atom is 0.256 e. The van der Waals surface area contributed by atoms with E-state index in [4.69, 9.17) is 17.0 Å². The molecule has 1 aromatic carbocycles. The Hall–Kier alpha value is -2.86. The molecule has 1 N–H and O–H groups in total. The van der Waals surface area contributed by atoms with Crippen LogP contribution in [-0.2, 0) is 16.1 Å². The summed E-state index contributed by atoms with van der Waals surface area (Å²) in [4.78, 5) is 17.3. The molecule has 0 unspecified atom stereocenters. The second kappa shape index (κ2) is 9.96. The van der Waals surface area contributed by atoms with Crippen molar-refractivity contribution < 1.29 is 18.3 Å². The summed E-state index contributed by atoms with van der Waals surface area (Å²) < 4.78 is 35.8. The topological polar surface area (TPSA) is 78.8 Å². The highest BCUT2D eigenvalue weighted by Gasteiger charge is 2.25. The highest BCUT2D eigenvalue weighted by molar-refractivity contribution is 7.80. The number of piperazine rings is 1. The van der Waals surface area contributed by atoms with Gasteiger partial charge in [-0.1, -0.05) is 5.21 Å². The first kappa shape index (κ1) is 22.8. The summed E-state index contributed by atoms with van der Waals surface area (Å²) >= 11 is 4.89. The highest BCUT2D eigenvalue weighted by Crippen LogP contribution is 2.27. The van der Waals surface area contributed by atoms with E-state index in [9.17, 15) is 13.6 Å². The van der Waals surface area contributed by atoms with E-state index in [1.807, 2.05) is 14.1 Å². The summed E-state index contributed by atoms with van der Waals surface area (Å²) in [5, 5.41) is 10.9. The lowest BCUT2D eigenvalue weighted by Gasteiger charge is -2.36. The minimum atomic E-state index is -0.696. The fraction of sp³-hybridized carbons (Fsp3) is 0.474. The number of aromatic nitrogens is 3. The Morgan fingerprint density at radius 3 is 2.45 bits per heavy atom. The van der Waals surface area contributed by atoms with E-state index in [0.717, 1.165) is 0 Å². The van der Waals surface area contributed by atoms with Gasteiger partial charge in [0.25, 0.3) is 5.17 Å². The fourth-order valence-electron chi connectivity index (χ4n) is 3.28. The average Bonchev–Trinajstić information content (AvgIpc) is 3.20. The number of hydrogen-bond donors (Lipinski definition) is 1. The molecule has 1 saturated heterocycles. The number of benzene rings is 1. The first-order valence-electron chi connectivity index (χ1n) is 9.68. The normalized spacial score (nSPS) is 14.1. The van der Waals surface area contributed by atoms with Crippen molar-refractivity contribution in [2.45, 2.75) is 6.54 Å². The number of rotatable bonds is 6. The molecule has 12 heteroatoms. The molecule has 0 saturated carbocycles. The Morgan fingerprint density at radius 1 is 1.23 bits per heavy atom. The summed E-state index contributed by atoms with van der Waals surface area (Å²) in [6.07, 6.45) is 1.55. The monoisotopic (exact) mass is 453 g/mol. The Bertz CT molecular complexity index is 922. The van der Waals surface area contributed by atoms with Crippen molar-refractivity contribution in [3.8, 4) is 5.69 Å². The number of ether oxygens (including phenoxy) is 1. The van der Waals surface area contributed by atoms with Gasteiger partial charge in [-0.15, -0.1) is 5.10 Å². The van der Waals surface area contributed by atoms with E-state index in [1.165, 1.54) is 23.9 Å². The molecule has 31 heavy (non-hydrogen) atoms. The highest BCUT2D eigenvalue weighted by atomic mass is 32.1. The van der Waals surface area contributed by atoms with E-state index in [0.29, 0.717) is 38.4 Å². The Balaban J connectivity index is 1.68. The van der Waals surface area contributed by atoms with Gasteiger partial charge in [-0.2, -0.15) is 0 Å². The number of anilines is 1. The van der Waals surface area contributed by atoms with Crippen molar-refractivity contribution in [3.05, 3.63) is 35.7 Å². The molecular weight excluding hydrogens is 428 g/mol. The van der Waals surface area contributed by atoms with Crippen LogP contribution >= 0.6 is 12.2 Å². The number of halogens is 2. The van der Waals surface area contributed by atoms with Gasteiger partial charge in [0.05, 0.1) is 32.1 Å². The number of carbonyl (C=O) groups is 1. The zero-order chi connectivity index (χ0) is 22.5. The molecule has 0 radical (unpaired) electrons. The first-order valence-corrected chi connectivity index (χ1v) is 10.1. The minimum absolute atomic E-state index is 0.00341. The van der Waals surface area contributed by atoms with Gasteiger partial charge in [0.2, 0.25) is 5.91 Å². The number of hydrogen-bond acceptors (Lipinski definition) is 7. The van der Waals surface area contributed by atoms with Crippen LogP contribution in [0.1, 0.15) is 5.69 Å². The smallest absolute Gasteiger partial charge is 0.256 e. The maximum atomic E-state index is 14.8. The summed E-state index contributed by atoms with van der Waals surface area (Å²) in [5.41, 5.74) is 0.644. The van der Waals surface area contributed by atoms with Crippen LogP contribution < -0.4 is 10.2 Å². The van der Waals surface area contributed by atoms with Crippen LogP contribution in [0.2, 0.25) is 0 Å². The Kier molecular flexibility index (Phi) is 7.33. The molecule has 1 aromatic heterocycles. The van der Waals surface area contributed by atoms with Crippen LogP contribution in [0.3, 0.4) is 0 Å². The molecule has 0 atom stereocenters. The molecular formula is C19H25F2N7O2S. The summed E-state index contributed by atoms with van der Waals surface area (Å²) in [6.45, 7) is 2.11. The van der Waals surface area contributed by atoms with E-state index < -0.39 is 11.6 Å². The van der Waals surface area contributed by atoms with Crippen LogP contribution in [0, 0.1) is 11.6 Å². The number of carbonyl (C=O) groups excluding carboxylic acids is 1. The SMILES string of the molecule is COC(=S)NCc1cn(-c2cc(F)c(N3CCN(C(=O)CN(C)C)CC3)c(F)c2)nn1. The third kappa shape index (κ3) is 5.64. The van der Waals surface area contributed by atoms with Gasteiger partial charge >= 0.3 is 0 Å².